The summed E-state index contributed by atoms with van der Waals surface area (Å²) in [5.41, 5.74) is 0.905. The van der Waals surface area contributed by atoms with Gasteiger partial charge in [-0.2, -0.15) is 0 Å². The number of carbonyl (C=O) groups is 1. The summed E-state index contributed by atoms with van der Waals surface area (Å²) in [6.45, 7) is 4.81. The highest BCUT2D eigenvalue weighted by Gasteiger charge is 2.27. The van der Waals surface area contributed by atoms with E-state index in [-0.39, 0.29) is 5.91 Å². The monoisotopic (exact) mass is 304 g/mol. The van der Waals surface area contributed by atoms with Crippen LogP contribution in [0.1, 0.15) is 24.8 Å². The second-order valence-corrected chi connectivity index (χ2v) is 6.13. The molecule has 0 saturated carbocycles. The van der Waals surface area contributed by atoms with Gasteiger partial charge in [0.25, 0.3) is 0 Å². The Morgan fingerprint density at radius 2 is 2.23 bits per heavy atom. The number of furan rings is 1. The normalized spacial score (nSPS) is 24.1. The first-order chi connectivity index (χ1) is 10.8. The molecule has 1 N–H and O–H groups in total. The number of likely N-dealkylation sites (tertiary alicyclic amines) is 1. The maximum atomic E-state index is 11.8. The number of nitrogens with one attached hydrogen (secondary N) is 1. The zero-order valence-electron chi connectivity index (χ0n) is 12.9. The second kappa shape index (κ2) is 7.61. The van der Waals surface area contributed by atoms with Crippen molar-refractivity contribution in [3.8, 4) is 0 Å². The average molecular weight is 304 g/mol. The molecule has 0 bridgehead atoms. The van der Waals surface area contributed by atoms with Crippen LogP contribution < -0.4 is 5.32 Å². The third kappa shape index (κ3) is 4.21. The quantitative estimate of drug-likeness (QED) is 0.844. The van der Waals surface area contributed by atoms with Crippen molar-refractivity contribution in [3.05, 3.63) is 30.2 Å². The first-order valence-corrected chi connectivity index (χ1v) is 8.11. The summed E-state index contributed by atoms with van der Waals surface area (Å²) >= 11 is 0. The molecule has 1 aromatic heterocycles. The largest absolute Gasteiger partial charge is 0.472 e. The highest BCUT2D eigenvalue weighted by Crippen LogP contribution is 2.21. The lowest BCUT2D eigenvalue weighted by Crippen LogP contribution is -2.43. The van der Waals surface area contributed by atoms with Crippen LogP contribution in [0.5, 0.6) is 0 Å². The van der Waals surface area contributed by atoms with Crippen LogP contribution in [0.15, 0.2) is 29.1 Å². The summed E-state index contributed by atoms with van der Waals surface area (Å²) in [7, 11) is 0. The van der Waals surface area contributed by atoms with Crippen LogP contribution in [-0.4, -0.2) is 49.7 Å². The van der Waals surface area contributed by atoms with Crippen molar-refractivity contribution in [2.24, 2.45) is 5.92 Å². The molecule has 1 aromatic rings. The minimum Gasteiger partial charge on any atom is -0.472 e. The van der Waals surface area contributed by atoms with Crippen molar-refractivity contribution >= 4 is 12.0 Å². The average Bonchev–Trinajstić information content (AvgIpc) is 3.24. The molecule has 2 aliphatic rings. The molecule has 5 heteroatoms. The summed E-state index contributed by atoms with van der Waals surface area (Å²) in [5.74, 6) is 0.553. The zero-order valence-corrected chi connectivity index (χ0v) is 12.9. The maximum absolute atomic E-state index is 11.8. The molecule has 1 unspecified atom stereocenters. The number of piperidine rings is 1. The molecule has 0 aliphatic carbocycles. The SMILES string of the molecule is O=C(C=Cc1ccoc1)NCC1CCN(C2CCOC2)CC1. The third-order valence-corrected chi connectivity index (χ3v) is 4.61. The van der Waals surface area contributed by atoms with E-state index in [0.29, 0.717) is 12.0 Å². The van der Waals surface area contributed by atoms with E-state index in [0.717, 1.165) is 51.3 Å². The van der Waals surface area contributed by atoms with E-state index in [9.17, 15) is 4.79 Å². The van der Waals surface area contributed by atoms with Crippen molar-refractivity contribution in [3.63, 3.8) is 0 Å². The number of ether oxygens (including phenoxy) is 1. The number of hydrogen-bond donors (Lipinski definition) is 1. The molecule has 2 saturated heterocycles. The highest BCUT2D eigenvalue weighted by molar-refractivity contribution is 5.91. The summed E-state index contributed by atoms with van der Waals surface area (Å²) in [6, 6.07) is 2.44. The number of nitrogens with zero attached hydrogens (tertiary/aromatic N) is 1. The van der Waals surface area contributed by atoms with E-state index in [2.05, 4.69) is 10.2 Å². The summed E-state index contributed by atoms with van der Waals surface area (Å²) in [4.78, 5) is 14.3. The Hall–Kier alpha value is -1.59. The van der Waals surface area contributed by atoms with Crippen LogP contribution in [0.2, 0.25) is 0 Å². The Bertz CT molecular complexity index is 484. The smallest absolute Gasteiger partial charge is 0.244 e. The molecule has 120 valence electrons. The number of amides is 1. The van der Waals surface area contributed by atoms with Crippen LogP contribution in [-0.2, 0) is 9.53 Å². The predicted octanol–water partition coefficient (Wildman–Crippen LogP) is 1.91. The van der Waals surface area contributed by atoms with E-state index < -0.39 is 0 Å². The van der Waals surface area contributed by atoms with E-state index >= 15 is 0 Å². The van der Waals surface area contributed by atoms with Gasteiger partial charge in [0.05, 0.1) is 19.1 Å². The van der Waals surface area contributed by atoms with Crippen molar-refractivity contribution in [2.45, 2.75) is 25.3 Å². The fourth-order valence-corrected chi connectivity index (χ4v) is 3.18. The van der Waals surface area contributed by atoms with Crippen molar-refractivity contribution in [2.75, 3.05) is 32.8 Å². The number of rotatable bonds is 5. The van der Waals surface area contributed by atoms with Crippen LogP contribution >= 0.6 is 0 Å². The molecule has 3 heterocycles. The van der Waals surface area contributed by atoms with Crippen LogP contribution in [0.4, 0.5) is 0 Å². The highest BCUT2D eigenvalue weighted by atomic mass is 16.5. The number of carbonyl (C=O) groups excluding carboxylic acids is 1. The van der Waals surface area contributed by atoms with Gasteiger partial charge in [0.15, 0.2) is 0 Å². The zero-order chi connectivity index (χ0) is 15.2. The topological polar surface area (TPSA) is 54.7 Å². The van der Waals surface area contributed by atoms with E-state index in [1.54, 1.807) is 24.7 Å². The van der Waals surface area contributed by atoms with Gasteiger partial charge in [-0.1, -0.05) is 0 Å². The molecule has 22 heavy (non-hydrogen) atoms. The molecule has 1 atom stereocenters. The standard InChI is InChI=1S/C17H24N2O3/c20-17(2-1-15-5-9-21-12-15)18-11-14-3-7-19(8-4-14)16-6-10-22-13-16/h1-2,5,9,12,14,16H,3-4,6-8,10-11,13H2,(H,18,20). The van der Waals surface area contributed by atoms with Crippen molar-refractivity contribution in [1.82, 2.24) is 10.2 Å². The lowest BCUT2D eigenvalue weighted by atomic mass is 9.95. The van der Waals surface area contributed by atoms with Crippen LogP contribution in [0, 0.1) is 5.92 Å². The van der Waals surface area contributed by atoms with Crippen LogP contribution in [0.25, 0.3) is 6.08 Å². The molecule has 2 fully saturated rings. The van der Waals surface area contributed by atoms with E-state index in [1.807, 2.05) is 6.07 Å². The number of hydrogen-bond acceptors (Lipinski definition) is 4. The fraction of sp³-hybridized carbons (Fsp3) is 0.588. The molecule has 0 aromatic carbocycles. The molecule has 0 spiro atoms. The minimum atomic E-state index is -0.0344. The first-order valence-electron chi connectivity index (χ1n) is 8.11. The molecule has 1 amide bonds. The molecule has 3 rings (SSSR count). The molecular formula is C17H24N2O3. The van der Waals surface area contributed by atoms with Gasteiger partial charge >= 0.3 is 0 Å². The maximum Gasteiger partial charge on any atom is 0.244 e. The Balaban J connectivity index is 1.35. The van der Waals surface area contributed by atoms with Gasteiger partial charge in [0.2, 0.25) is 5.91 Å². The van der Waals surface area contributed by atoms with Gasteiger partial charge in [-0.3, -0.25) is 9.69 Å². The Labute approximate surface area is 131 Å². The lowest BCUT2D eigenvalue weighted by molar-refractivity contribution is -0.116. The summed E-state index contributed by atoms with van der Waals surface area (Å²) in [5, 5.41) is 3.00. The summed E-state index contributed by atoms with van der Waals surface area (Å²) < 4.78 is 10.4. The minimum absolute atomic E-state index is 0.0344. The van der Waals surface area contributed by atoms with E-state index in [4.69, 9.17) is 9.15 Å². The molecule has 0 radical (unpaired) electrons. The Morgan fingerprint density at radius 1 is 1.36 bits per heavy atom. The Kier molecular flexibility index (Phi) is 5.29. The van der Waals surface area contributed by atoms with Gasteiger partial charge in [0, 0.05) is 30.8 Å². The molecule has 2 aliphatic heterocycles. The van der Waals surface area contributed by atoms with Gasteiger partial charge in [-0.05, 0) is 50.4 Å². The van der Waals surface area contributed by atoms with E-state index in [1.165, 1.54) is 6.42 Å². The van der Waals surface area contributed by atoms with Gasteiger partial charge in [0.1, 0.15) is 0 Å². The Morgan fingerprint density at radius 3 is 2.91 bits per heavy atom. The third-order valence-electron chi connectivity index (χ3n) is 4.61. The first kappa shape index (κ1) is 15.3. The molecular weight excluding hydrogens is 280 g/mol. The van der Waals surface area contributed by atoms with Gasteiger partial charge in [-0.15, -0.1) is 0 Å². The van der Waals surface area contributed by atoms with Crippen molar-refractivity contribution in [1.29, 1.82) is 0 Å². The lowest BCUT2D eigenvalue weighted by Gasteiger charge is -2.35. The van der Waals surface area contributed by atoms with Gasteiger partial charge in [-0.25, -0.2) is 0 Å². The second-order valence-electron chi connectivity index (χ2n) is 6.13. The van der Waals surface area contributed by atoms with Crippen LogP contribution in [0.3, 0.4) is 0 Å². The fourth-order valence-electron chi connectivity index (χ4n) is 3.18. The molecule has 5 nitrogen and oxygen atoms in total. The predicted molar refractivity (Wildman–Crippen MR) is 84.3 cm³/mol. The van der Waals surface area contributed by atoms with Crippen molar-refractivity contribution < 1.29 is 13.9 Å². The summed E-state index contributed by atoms with van der Waals surface area (Å²) in [6.07, 6.45) is 10.0. The van der Waals surface area contributed by atoms with Gasteiger partial charge < -0.3 is 14.5 Å².